The second-order valence-electron chi connectivity index (χ2n) is 8.73. The van der Waals surface area contributed by atoms with Crippen molar-refractivity contribution in [2.24, 2.45) is 0 Å². The van der Waals surface area contributed by atoms with Crippen LogP contribution >= 0.6 is 15.9 Å². The molecule has 37 heavy (non-hydrogen) atoms. The van der Waals surface area contributed by atoms with Crippen molar-refractivity contribution in [1.29, 1.82) is 0 Å². The molecular weight excluding hydrogens is 564 g/mol. The summed E-state index contributed by atoms with van der Waals surface area (Å²) in [4.78, 5) is 35.9. The number of hydrogen-bond acceptors (Lipinski definition) is 8. The van der Waals surface area contributed by atoms with Gasteiger partial charge in [-0.1, -0.05) is 34.1 Å². The molecule has 0 atom stereocenters. The zero-order chi connectivity index (χ0) is 27.1. The molecule has 10 nitrogen and oxygen atoms in total. The number of rotatable bonds is 9. The number of pyridine rings is 2. The molecule has 0 spiro atoms. The van der Waals surface area contributed by atoms with Gasteiger partial charge in [0.15, 0.2) is 0 Å². The zero-order valence-corrected chi connectivity index (χ0v) is 23.0. The van der Waals surface area contributed by atoms with E-state index in [1.165, 1.54) is 22.8 Å². The minimum absolute atomic E-state index is 0.00928. The van der Waals surface area contributed by atoms with Crippen LogP contribution in [-0.2, 0) is 43.9 Å². The highest BCUT2D eigenvalue weighted by molar-refractivity contribution is 9.10. The maximum atomic E-state index is 13.5. The van der Waals surface area contributed by atoms with Crippen molar-refractivity contribution in [3.8, 4) is 0 Å². The molecule has 1 amide bonds. The second kappa shape index (κ2) is 12.3. The number of carbonyl (C=O) groups excluding carboxylic acids is 2. The van der Waals surface area contributed by atoms with Gasteiger partial charge >= 0.3 is 12.1 Å². The van der Waals surface area contributed by atoms with E-state index >= 15 is 0 Å². The molecule has 0 radical (unpaired) electrons. The van der Waals surface area contributed by atoms with E-state index in [-0.39, 0.29) is 24.4 Å². The molecule has 3 aromatic rings. The smallest absolute Gasteiger partial charge is 0.441 e. The van der Waals surface area contributed by atoms with Crippen LogP contribution in [0.4, 0.5) is 4.79 Å². The van der Waals surface area contributed by atoms with Gasteiger partial charge in [0.25, 0.3) is 0 Å². The van der Waals surface area contributed by atoms with Gasteiger partial charge in [-0.2, -0.15) is 4.31 Å². The van der Waals surface area contributed by atoms with Crippen molar-refractivity contribution in [1.82, 2.24) is 19.8 Å². The van der Waals surface area contributed by atoms with E-state index in [0.29, 0.717) is 11.4 Å². The lowest BCUT2D eigenvalue weighted by atomic mass is 10.0. The van der Waals surface area contributed by atoms with Crippen LogP contribution in [0.2, 0.25) is 0 Å². The van der Waals surface area contributed by atoms with Crippen LogP contribution in [0.25, 0.3) is 0 Å². The predicted molar refractivity (Wildman–Crippen MR) is 138 cm³/mol. The number of hydrogen-bond donors (Lipinski definition) is 1. The van der Waals surface area contributed by atoms with Crippen LogP contribution in [0.1, 0.15) is 37.7 Å². The number of carbonyl (C=O) groups is 2. The molecule has 0 saturated heterocycles. The molecule has 0 bridgehead atoms. The Morgan fingerprint density at radius 1 is 1.03 bits per heavy atom. The molecule has 0 unspecified atom stereocenters. The molecular formula is C25H27BrN4O6S. The Balaban J connectivity index is 1.81. The van der Waals surface area contributed by atoms with Crippen molar-refractivity contribution in [3.05, 3.63) is 88.4 Å². The summed E-state index contributed by atoms with van der Waals surface area (Å²) >= 11 is 3.40. The Morgan fingerprint density at radius 3 is 2.38 bits per heavy atom. The van der Waals surface area contributed by atoms with E-state index in [1.807, 2.05) is 29.7 Å². The van der Waals surface area contributed by atoms with Crippen molar-refractivity contribution >= 4 is 38.0 Å². The van der Waals surface area contributed by atoms with Gasteiger partial charge in [0.2, 0.25) is 10.0 Å². The number of sulfonamides is 1. The normalized spacial score (nSPS) is 11.7. The van der Waals surface area contributed by atoms with Crippen molar-refractivity contribution in [3.63, 3.8) is 0 Å². The third-order valence-electron chi connectivity index (χ3n) is 5.00. The molecule has 0 aliphatic heterocycles. The third-order valence-corrected chi connectivity index (χ3v) is 7.30. The molecule has 196 valence electrons. The maximum Gasteiger partial charge on any atom is 0.441 e. The minimum Gasteiger partial charge on any atom is -0.441 e. The largest absolute Gasteiger partial charge is 0.441 e. The monoisotopic (exact) mass is 590 g/mol. The summed E-state index contributed by atoms with van der Waals surface area (Å²) in [6, 6.07) is 15.7. The molecule has 3 rings (SSSR count). The van der Waals surface area contributed by atoms with Gasteiger partial charge in [0.05, 0.1) is 12.2 Å². The quantitative estimate of drug-likeness (QED) is 0.368. The Kier molecular flexibility index (Phi) is 9.35. The Hall–Kier alpha value is -3.35. The number of nitrogens with one attached hydrogen (secondary N) is 1. The summed E-state index contributed by atoms with van der Waals surface area (Å²) in [6.07, 6.45) is 2.14. The summed E-state index contributed by atoms with van der Waals surface area (Å²) in [6.45, 7) is 4.65. The van der Waals surface area contributed by atoms with Gasteiger partial charge in [-0.3, -0.25) is 14.8 Å². The van der Waals surface area contributed by atoms with E-state index in [9.17, 15) is 18.0 Å². The number of nitrogens with zero attached hydrogens (tertiary/aromatic N) is 3. The molecule has 1 N–H and O–H groups in total. The Bertz CT molecular complexity index is 1330. The van der Waals surface area contributed by atoms with Crippen molar-refractivity contribution < 1.29 is 27.6 Å². The highest BCUT2D eigenvalue weighted by atomic mass is 79.9. The molecule has 0 aliphatic carbocycles. The molecule has 0 fully saturated rings. The first-order chi connectivity index (χ1) is 17.4. The van der Waals surface area contributed by atoms with E-state index in [0.717, 1.165) is 17.0 Å². The van der Waals surface area contributed by atoms with Crippen molar-refractivity contribution in [2.75, 3.05) is 0 Å². The number of aromatic nitrogens is 2. The van der Waals surface area contributed by atoms with Crippen LogP contribution in [0, 0.1) is 0 Å². The predicted octanol–water partition coefficient (Wildman–Crippen LogP) is 4.16. The fourth-order valence-corrected chi connectivity index (χ4v) is 5.05. The highest BCUT2D eigenvalue weighted by Gasteiger charge is 2.27. The van der Waals surface area contributed by atoms with Crippen LogP contribution in [-0.4, -0.2) is 40.4 Å². The Labute approximate surface area is 224 Å². The van der Waals surface area contributed by atoms with Gasteiger partial charge < -0.3 is 9.57 Å². The first-order valence-electron chi connectivity index (χ1n) is 11.2. The summed E-state index contributed by atoms with van der Waals surface area (Å²) in [5, 5.41) is 0. The highest BCUT2D eigenvalue weighted by Crippen LogP contribution is 2.22. The lowest BCUT2D eigenvalue weighted by Gasteiger charge is -2.25. The second-order valence-corrected chi connectivity index (χ2v) is 11.6. The zero-order valence-electron chi connectivity index (χ0n) is 20.5. The Morgan fingerprint density at radius 2 is 1.73 bits per heavy atom. The van der Waals surface area contributed by atoms with Gasteiger partial charge in [0.1, 0.15) is 10.5 Å². The molecule has 12 heteroatoms. The van der Waals surface area contributed by atoms with Crippen LogP contribution in [0.15, 0.2) is 76.4 Å². The van der Waals surface area contributed by atoms with Gasteiger partial charge in [-0.15, -0.1) is 5.48 Å². The summed E-state index contributed by atoms with van der Waals surface area (Å²) in [5.41, 5.74) is 2.83. The first kappa shape index (κ1) is 28.2. The number of ether oxygens (including phenoxy) is 1. The average Bonchev–Trinajstić information content (AvgIpc) is 2.84. The molecule has 0 saturated carbocycles. The van der Waals surface area contributed by atoms with Crippen LogP contribution < -0.4 is 5.48 Å². The number of hydroxylamine groups is 1. The fraction of sp³-hybridized carbons (Fsp3) is 0.280. The number of halogens is 1. The van der Waals surface area contributed by atoms with Gasteiger partial charge in [-0.25, -0.2) is 13.2 Å². The lowest BCUT2D eigenvalue weighted by molar-refractivity contribution is -0.147. The summed E-state index contributed by atoms with van der Waals surface area (Å²) in [7, 11) is -3.88. The van der Waals surface area contributed by atoms with Crippen molar-refractivity contribution in [2.45, 2.75) is 50.8 Å². The SMILES string of the molecule is CC(=O)ONC(=O)OC(C)(C)Cc1cccc(CN(Cc2ccc(Br)cc2)S(=O)(=O)c2cccnc2)n1. The maximum absolute atomic E-state index is 13.5. The molecule has 2 heterocycles. The van der Waals surface area contributed by atoms with E-state index in [4.69, 9.17) is 4.74 Å². The van der Waals surface area contributed by atoms with Gasteiger partial charge in [0, 0.05) is 42.4 Å². The van der Waals surface area contributed by atoms with E-state index in [2.05, 4.69) is 30.7 Å². The number of amides is 1. The number of benzene rings is 1. The van der Waals surface area contributed by atoms with Crippen LogP contribution in [0.3, 0.4) is 0 Å². The van der Waals surface area contributed by atoms with Gasteiger partial charge in [-0.05, 0) is 55.8 Å². The van der Waals surface area contributed by atoms with E-state index in [1.54, 1.807) is 38.1 Å². The molecule has 2 aromatic heterocycles. The van der Waals surface area contributed by atoms with E-state index < -0.39 is 27.7 Å². The standard InChI is InChI=1S/C25H27BrN4O6S/c1-18(31)36-29-24(32)35-25(2,3)14-21-6-4-7-22(28-21)17-30(16-19-9-11-20(26)12-10-19)37(33,34)23-8-5-13-27-15-23/h4-13,15H,14,16-17H2,1-3H3,(H,29,32). The third kappa shape index (κ3) is 8.62. The minimum atomic E-state index is -3.88. The van der Waals surface area contributed by atoms with Crippen LogP contribution in [0.5, 0.6) is 0 Å². The molecule has 0 aliphatic rings. The topological polar surface area (TPSA) is 128 Å². The first-order valence-corrected chi connectivity index (χ1v) is 13.4. The molecule has 1 aromatic carbocycles. The fourth-order valence-electron chi connectivity index (χ4n) is 3.42. The lowest BCUT2D eigenvalue weighted by Crippen LogP contribution is -2.37. The summed E-state index contributed by atoms with van der Waals surface area (Å²) in [5.74, 6) is -0.682. The summed E-state index contributed by atoms with van der Waals surface area (Å²) < 4.78 is 34.6. The average molecular weight is 591 g/mol.